The van der Waals surface area contributed by atoms with Crippen molar-refractivity contribution in [1.82, 2.24) is 9.88 Å². The molecule has 1 heterocycles. The monoisotopic (exact) mass is 252 g/mol. The van der Waals surface area contributed by atoms with Gasteiger partial charge < -0.3 is 14.4 Å². The first-order valence-corrected chi connectivity index (χ1v) is 5.54. The van der Waals surface area contributed by atoms with Crippen LogP contribution in [0.5, 0.6) is 0 Å². The summed E-state index contributed by atoms with van der Waals surface area (Å²) in [5.74, 6) is 0. The second kappa shape index (κ2) is 7.26. The minimum Gasteiger partial charge on any atom is -0.428 e. The molecule has 0 spiro atoms. The second-order valence-electron chi connectivity index (χ2n) is 3.68. The lowest BCUT2D eigenvalue weighted by molar-refractivity contribution is -0.150. The van der Waals surface area contributed by atoms with Gasteiger partial charge in [-0.15, -0.1) is 0 Å². The van der Waals surface area contributed by atoms with E-state index in [0.29, 0.717) is 13.0 Å². The van der Waals surface area contributed by atoms with E-state index in [0.717, 1.165) is 5.69 Å². The van der Waals surface area contributed by atoms with Gasteiger partial charge in [-0.3, -0.25) is 9.78 Å². The molecule has 1 unspecified atom stereocenters. The van der Waals surface area contributed by atoms with E-state index in [1.807, 2.05) is 18.2 Å². The Labute approximate surface area is 106 Å². The molecule has 1 aromatic heterocycles. The SMILES string of the molecule is CC(OC=O)OC(=O)N(C)CCc1ccccn1. The predicted octanol–water partition coefficient (Wildman–Crippen LogP) is 1.21. The largest absolute Gasteiger partial charge is 0.428 e. The normalized spacial score (nSPS) is 11.4. The highest BCUT2D eigenvalue weighted by molar-refractivity contribution is 5.67. The molecule has 6 nitrogen and oxygen atoms in total. The van der Waals surface area contributed by atoms with E-state index in [9.17, 15) is 9.59 Å². The van der Waals surface area contributed by atoms with Gasteiger partial charge in [0.15, 0.2) is 0 Å². The van der Waals surface area contributed by atoms with Crippen LogP contribution in [0.25, 0.3) is 0 Å². The molecule has 0 aromatic carbocycles. The molecule has 6 heteroatoms. The molecule has 0 N–H and O–H groups in total. The van der Waals surface area contributed by atoms with Crippen molar-refractivity contribution in [1.29, 1.82) is 0 Å². The van der Waals surface area contributed by atoms with Crippen LogP contribution in [0.3, 0.4) is 0 Å². The van der Waals surface area contributed by atoms with Gasteiger partial charge in [0, 0.05) is 38.8 Å². The number of aromatic nitrogens is 1. The van der Waals surface area contributed by atoms with Gasteiger partial charge in [-0.25, -0.2) is 4.79 Å². The summed E-state index contributed by atoms with van der Waals surface area (Å²) < 4.78 is 9.32. The maximum absolute atomic E-state index is 11.5. The topological polar surface area (TPSA) is 68.7 Å². The van der Waals surface area contributed by atoms with Gasteiger partial charge >= 0.3 is 6.09 Å². The molecule has 0 aliphatic heterocycles. The third-order valence-electron chi connectivity index (χ3n) is 2.26. The number of pyridine rings is 1. The smallest absolute Gasteiger partial charge is 0.412 e. The van der Waals surface area contributed by atoms with Crippen molar-refractivity contribution in [3.05, 3.63) is 30.1 Å². The molecule has 0 fully saturated rings. The van der Waals surface area contributed by atoms with Crippen LogP contribution in [0, 0.1) is 0 Å². The Kier molecular flexibility index (Phi) is 5.63. The quantitative estimate of drug-likeness (QED) is 0.562. The number of hydrogen-bond acceptors (Lipinski definition) is 5. The maximum Gasteiger partial charge on any atom is 0.412 e. The zero-order valence-electron chi connectivity index (χ0n) is 10.4. The van der Waals surface area contributed by atoms with Crippen molar-refractivity contribution in [2.45, 2.75) is 19.6 Å². The fourth-order valence-corrected chi connectivity index (χ4v) is 1.26. The van der Waals surface area contributed by atoms with Crippen molar-refractivity contribution in [2.75, 3.05) is 13.6 Å². The third-order valence-corrected chi connectivity index (χ3v) is 2.26. The van der Waals surface area contributed by atoms with E-state index < -0.39 is 12.4 Å². The molecular formula is C12H16N2O4. The van der Waals surface area contributed by atoms with Crippen LogP contribution >= 0.6 is 0 Å². The summed E-state index contributed by atoms with van der Waals surface area (Å²) in [6.45, 7) is 2.19. The molecule has 1 amide bonds. The Bertz CT molecular complexity index is 383. The molecule has 0 saturated heterocycles. The highest BCUT2D eigenvalue weighted by atomic mass is 16.7. The van der Waals surface area contributed by atoms with Crippen molar-refractivity contribution in [2.24, 2.45) is 0 Å². The summed E-state index contributed by atoms with van der Waals surface area (Å²) in [6.07, 6.45) is 0.913. The summed E-state index contributed by atoms with van der Waals surface area (Å²) in [5.41, 5.74) is 0.898. The van der Waals surface area contributed by atoms with Gasteiger partial charge in [0.2, 0.25) is 6.29 Å². The molecule has 0 bridgehead atoms. The molecule has 1 atom stereocenters. The fraction of sp³-hybridized carbons (Fsp3) is 0.417. The maximum atomic E-state index is 11.5. The van der Waals surface area contributed by atoms with Crippen molar-refractivity contribution in [3.8, 4) is 0 Å². The number of carbonyl (C=O) groups is 2. The van der Waals surface area contributed by atoms with Gasteiger partial charge in [0.1, 0.15) is 0 Å². The van der Waals surface area contributed by atoms with E-state index in [4.69, 9.17) is 4.74 Å². The van der Waals surface area contributed by atoms with Crippen LogP contribution in [0.4, 0.5) is 4.79 Å². The lowest BCUT2D eigenvalue weighted by Gasteiger charge is -2.19. The van der Waals surface area contributed by atoms with Crippen molar-refractivity contribution < 1.29 is 19.1 Å². The average molecular weight is 252 g/mol. The predicted molar refractivity (Wildman–Crippen MR) is 63.7 cm³/mol. The number of rotatable bonds is 6. The zero-order chi connectivity index (χ0) is 13.4. The summed E-state index contributed by atoms with van der Waals surface area (Å²) in [6, 6.07) is 5.61. The summed E-state index contributed by atoms with van der Waals surface area (Å²) in [4.78, 5) is 27.1. The Morgan fingerprint density at radius 2 is 2.33 bits per heavy atom. The standard InChI is InChI=1S/C12H16N2O4/c1-10(17-9-15)18-12(16)14(2)8-6-11-5-3-4-7-13-11/h3-5,7,9-10H,6,8H2,1-2H3. The van der Waals surface area contributed by atoms with Crippen LogP contribution in [0.1, 0.15) is 12.6 Å². The van der Waals surface area contributed by atoms with Crippen LogP contribution in [-0.2, 0) is 20.7 Å². The highest BCUT2D eigenvalue weighted by Crippen LogP contribution is 2.00. The Balaban J connectivity index is 2.34. The second-order valence-corrected chi connectivity index (χ2v) is 3.68. The van der Waals surface area contributed by atoms with Crippen LogP contribution in [0.15, 0.2) is 24.4 Å². The molecule has 98 valence electrons. The third kappa shape index (κ3) is 4.82. The first kappa shape index (κ1) is 14.0. The van der Waals surface area contributed by atoms with Crippen molar-refractivity contribution >= 4 is 12.6 Å². The summed E-state index contributed by atoms with van der Waals surface area (Å²) in [7, 11) is 1.61. The van der Waals surface area contributed by atoms with Crippen molar-refractivity contribution in [3.63, 3.8) is 0 Å². The Morgan fingerprint density at radius 1 is 1.56 bits per heavy atom. The van der Waals surface area contributed by atoms with Gasteiger partial charge in [-0.2, -0.15) is 0 Å². The van der Waals surface area contributed by atoms with E-state index >= 15 is 0 Å². The molecule has 0 aliphatic rings. The molecular weight excluding hydrogens is 236 g/mol. The van der Waals surface area contributed by atoms with Gasteiger partial charge in [0.05, 0.1) is 0 Å². The van der Waals surface area contributed by atoms with E-state index in [2.05, 4.69) is 9.72 Å². The summed E-state index contributed by atoms with van der Waals surface area (Å²) >= 11 is 0. The molecule has 0 saturated carbocycles. The van der Waals surface area contributed by atoms with E-state index in [-0.39, 0.29) is 6.47 Å². The first-order valence-electron chi connectivity index (χ1n) is 5.54. The molecule has 18 heavy (non-hydrogen) atoms. The highest BCUT2D eigenvalue weighted by Gasteiger charge is 2.14. The van der Waals surface area contributed by atoms with Gasteiger partial charge in [-0.1, -0.05) is 6.07 Å². The van der Waals surface area contributed by atoms with Gasteiger partial charge in [-0.05, 0) is 12.1 Å². The lowest BCUT2D eigenvalue weighted by Crippen LogP contribution is -2.32. The number of likely N-dealkylation sites (N-methyl/N-ethyl adjacent to an activating group) is 1. The zero-order valence-corrected chi connectivity index (χ0v) is 10.4. The number of amides is 1. The minimum atomic E-state index is -0.882. The summed E-state index contributed by atoms with van der Waals surface area (Å²) in [5, 5.41) is 0. The molecule has 0 aliphatic carbocycles. The van der Waals surface area contributed by atoms with E-state index in [1.54, 1.807) is 13.2 Å². The van der Waals surface area contributed by atoms with Crippen LogP contribution in [-0.4, -0.2) is 42.3 Å². The van der Waals surface area contributed by atoms with Gasteiger partial charge in [0.25, 0.3) is 6.47 Å². The average Bonchev–Trinajstić information content (AvgIpc) is 2.37. The van der Waals surface area contributed by atoms with E-state index in [1.165, 1.54) is 11.8 Å². The number of carbonyl (C=O) groups excluding carboxylic acids is 2. The number of hydrogen-bond donors (Lipinski definition) is 0. The first-order chi connectivity index (χ1) is 8.63. The number of ether oxygens (including phenoxy) is 2. The Hall–Kier alpha value is -2.11. The minimum absolute atomic E-state index is 0.242. The number of nitrogens with zero attached hydrogens (tertiary/aromatic N) is 2. The molecule has 1 rings (SSSR count). The fourth-order valence-electron chi connectivity index (χ4n) is 1.26. The molecule has 0 radical (unpaired) electrons. The van der Waals surface area contributed by atoms with Crippen LogP contribution < -0.4 is 0 Å². The van der Waals surface area contributed by atoms with Crippen LogP contribution in [0.2, 0.25) is 0 Å². The molecule has 1 aromatic rings. The Morgan fingerprint density at radius 3 is 2.94 bits per heavy atom. The lowest BCUT2D eigenvalue weighted by atomic mass is 10.2.